The lowest BCUT2D eigenvalue weighted by atomic mass is 10.1. The van der Waals surface area contributed by atoms with Crippen LogP contribution in [0.3, 0.4) is 0 Å². The SMILES string of the molecule is CCCC(N)C(CO)n1cc(S(C)(=O)=O)cn1. The number of aliphatic hydroxyl groups excluding tert-OH is 1. The van der Waals surface area contributed by atoms with Gasteiger partial charge in [0.25, 0.3) is 0 Å². The third kappa shape index (κ3) is 3.52. The van der Waals surface area contributed by atoms with Crippen molar-refractivity contribution >= 4 is 9.84 Å². The lowest BCUT2D eigenvalue weighted by Gasteiger charge is -2.21. The molecular formula is C10H19N3O3S. The Labute approximate surface area is 101 Å². The van der Waals surface area contributed by atoms with E-state index in [1.807, 2.05) is 6.92 Å². The molecule has 1 aromatic rings. The van der Waals surface area contributed by atoms with E-state index >= 15 is 0 Å². The van der Waals surface area contributed by atoms with Gasteiger partial charge in [-0.2, -0.15) is 5.10 Å². The quantitative estimate of drug-likeness (QED) is 0.748. The molecule has 0 saturated heterocycles. The summed E-state index contributed by atoms with van der Waals surface area (Å²) in [6.07, 6.45) is 5.45. The molecular weight excluding hydrogens is 242 g/mol. The molecule has 0 aromatic carbocycles. The monoisotopic (exact) mass is 261 g/mol. The van der Waals surface area contributed by atoms with E-state index < -0.39 is 9.84 Å². The molecule has 3 N–H and O–H groups in total. The van der Waals surface area contributed by atoms with Gasteiger partial charge in [0.15, 0.2) is 9.84 Å². The molecule has 0 radical (unpaired) electrons. The van der Waals surface area contributed by atoms with Crippen LogP contribution in [0.4, 0.5) is 0 Å². The van der Waals surface area contributed by atoms with Crippen LogP contribution >= 0.6 is 0 Å². The number of aromatic nitrogens is 2. The minimum Gasteiger partial charge on any atom is -0.394 e. The maximum absolute atomic E-state index is 11.3. The maximum Gasteiger partial charge on any atom is 0.178 e. The lowest BCUT2D eigenvalue weighted by molar-refractivity contribution is 0.192. The van der Waals surface area contributed by atoms with E-state index in [-0.39, 0.29) is 23.6 Å². The average molecular weight is 261 g/mol. The molecule has 2 atom stereocenters. The second kappa shape index (κ2) is 5.61. The first-order valence-electron chi connectivity index (χ1n) is 5.50. The van der Waals surface area contributed by atoms with Crippen LogP contribution in [0.25, 0.3) is 0 Å². The third-order valence-electron chi connectivity index (χ3n) is 2.65. The van der Waals surface area contributed by atoms with Gasteiger partial charge in [0.1, 0.15) is 4.90 Å². The Bertz CT molecular complexity index is 455. The van der Waals surface area contributed by atoms with Crippen molar-refractivity contribution in [1.29, 1.82) is 0 Å². The van der Waals surface area contributed by atoms with Gasteiger partial charge in [-0.25, -0.2) is 8.42 Å². The normalized spacial score (nSPS) is 15.8. The van der Waals surface area contributed by atoms with E-state index in [0.717, 1.165) is 19.1 Å². The van der Waals surface area contributed by atoms with Gasteiger partial charge >= 0.3 is 0 Å². The minimum atomic E-state index is -3.27. The van der Waals surface area contributed by atoms with E-state index in [0.29, 0.717) is 0 Å². The highest BCUT2D eigenvalue weighted by Gasteiger charge is 2.20. The molecule has 98 valence electrons. The molecule has 0 aliphatic rings. The molecule has 2 unspecified atom stereocenters. The van der Waals surface area contributed by atoms with Gasteiger partial charge in [0.05, 0.1) is 18.8 Å². The largest absolute Gasteiger partial charge is 0.394 e. The van der Waals surface area contributed by atoms with Crippen LogP contribution in [-0.4, -0.2) is 42.2 Å². The summed E-state index contributed by atoms with van der Waals surface area (Å²) in [6, 6.07) is -0.622. The Morgan fingerprint density at radius 3 is 2.65 bits per heavy atom. The molecule has 1 aromatic heterocycles. The first-order chi connectivity index (χ1) is 7.90. The predicted octanol–water partition coefficient (Wildman–Crippen LogP) is -0.0526. The van der Waals surface area contributed by atoms with Crippen LogP contribution < -0.4 is 5.73 Å². The van der Waals surface area contributed by atoms with E-state index in [9.17, 15) is 13.5 Å². The summed E-state index contributed by atoms with van der Waals surface area (Å²) >= 11 is 0. The van der Waals surface area contributed by atoms with Crippen LogP contribution in [0.5, 0.6) is 0 Å². The van der Waals surface area contributed by atoms with Crippen molar-refractivity contribution < 1.29 is 13.5 Å². The highest BCUT2D eigenvalue weighted by molar-refractivity contribution is 7.90. The molecule has 0 bridgehead atoms. The number of hydrogen-bond donors (Lipinski definition) is 2. The second-order valence-electron chi connectivity index (χ2n) is 4.13. The smallest absolute Gasteiger partial charge is 0.178 e. The molecule has 0 aliphatic heterocycles. The number of nitrogens with zero attached hydrogens (tertiary/aromatic N) is 2. The summed E-state index contributed by atoms with van der Waals surface area (Å²) in [5.41, 5.74) is 5.92. The zero-order chi connectivity index (χ0) is 13.1. The lowest BCUT2D eigenvalue weighted by Crippen LogP contribution is -2.34. The fraction of sp³-hybridized carbons (Fsp3) is 0.700. The van der Waals surface area contributed by atoms with Gasteiger partial charge in [-0.15, -0.1) is 0 Å². The summed E-state index contributed by atoms with van der Waals surface area (Å²) in [5, 5.41) is 13.3. The van der Waals surface area contributed by atoms with Crippen molar-refractivity contribution in [3.63, 3.8) is 0 Å². The number of hydrogen-bond acceptors (Lipinski definition) is 5. The van der Waals surface area contributed by atoms with Crippen LogP contribution in [0, 0.1) is 0 Å². The van der Waals surface area contributed by atoms with Crippen LogP contribution in [0.15, 0.2) is 17.3 Å². The fourth-order valence-electron chi connectivity index (χ4n) is 1.63. The Kier molecular flexibility index (Phi) is 4.67. The molecule has 7 heteroatoms. The Morgan fingerprint density at radius 1 is 1.59 bits per heavy atom. The summed E-state index contributed by atoms with van der Waals surface area (Å²) < 4.78 is 24.0. The first-order valence-corrected chi connectivity index (χ1v) is 7.40. The van der Waals surface area contributed by atoms with Gasteiger partial charge in [-0.3, -0.25) is 4.68 Å². The van der Waals surface area contributed by atoms with Crippen LogP contribution in [-0.2, 0) is 9.84 Å². The number of rotatable bonds is 6. The summed E-state index contributed by atoms with van der Waals surface area (Å²) in [6.45, 7) is 1.84. The second-order valence-corrected chi connectivity index (χ2v) is 6.15. The van der Waals surface area contributed by atoms with Gasteiger partial charge in [-0.05, 0) is 6.42 Å². The molecule has 0 spiro atoms. The van der Waals surface area contributed by atoms with Gasteiger partial charge < -0.3 is 10.8 Å². The molecule has 0 saturated carbocycles. The molecule has 0 aliphatic carbocycles. The van der Waals surface area contributed by atoms with Crippen molar-refractivity contribution in [2.75, 3.05) is 12.9 Å². The highest BCUT2D eigenvalue weighted by Crippen LogP contribution is 2.16. The Hall–Kier alpha value is -0.920. The maximum atomic E-state index is 11.3. The molecule has 1 rings (SSSR count). The minimum absolute atomic E-state index is 0.139. The number of sulfone groups is 1. The highest BCUT2D eigenvalue weighted by atomic mass is 32.2. The number of nitrogens with two attached hydrogens (primary N) is 1. The first kappa shape index (κ1) is 14.1. The summed E-state index contributed by atoms with van der Waals surface area (Å²) in [4.78, 5) is 0.139. The molecule has 6 nitrogen and oxygen atoms in total. The molecule has 1 heterocycles. The van der Waals surface area contributed by atoms with Gasteiger partial charge in [0, 0.05) is 18.5 Å². The predicted molar refractivity (Wildman–Crippen MR) is 64.3 cm³/mol. The zero-order valence-electron chi connectivity index (χ0n) is 10.1. The van der Waals surface area contributed by atoms with E-state index in [1.165, 1.54) is 17.1 Å². The summed E-state index contributed by atoms with van der Waals surface area (Å²) in [5.74, 6) is 0. The standard InChI is InChI=1S/C10H19N3O3S/c1-3-4-9(11)10(7-14)13-6-8(5-12-13)17(2,15)16/h5-6,9-10,14H,3-4,7,11H2,1-2H3. The van der Waals surface area contributed by atoms with Crippen LogP contribution in [0.2, 0.25) is 0 Å². The Balaban J connectivity index is 2.94. The molecule has 0 fully saturated rings. The van der Waals surface area contributed by atoms with Crippen LogP contribution in [0.1, 0.15) is 25.8 Å². The van der Waals surface area contributed by atoms with E-state index in [4.69, 9.17) is 5.73 Å². The Morgan fingerprint density at radius 2 is 2.24 bits per heavy atom. The van der Waals surface area contributed by atoms with E-state index in [2.05, 4.69) is 5.10 Å². The summed E-state index contributed by atoms with van der Waals surface area (Å²) in [7, 11) is -3.27. The van der Waals surface area contributed by atoms with Crippen molar-refractivity contribution in [2.24, 2.45) is 5.73 Å². The van der Waals surface area contributed by atoms with E-state index in [1.54, 1.807) is 0 Å². The average Bonchev–Trinajstić information content (AvgIpc) is 2.68. The molecule has 17 heavy (non-hydrogen) atoms. The van der Waals surface area contributed by atoms with Gasteiger partial charge in [0.2, 0.25) is 0 Å². The van der Waals surface area contributed by atoms with Crippen molar-refractivity contribution in [1.82, 2.24) is 9.78 Å². The van der Waals surface area contributed by atoms with Crippen molar-refractivity contribution in [3.05, 3.63) is 12.4 Å². The topological polar surface area (TPSA) is 98.2 Å². The van der Waals surface area contributed by atoms with Gasteiger partial charge in [-0.1, -0.05) is 13.3 Å². The third-order valence-corrected chi connectivity index (χ3v) is 3.72. The molecule has 0 amide bonds. The zero-order valence-corrected chi connectivity index (χ0v) is 10.9. The van der Waals surface area contributed by atoms with Crippen molar-refractivity contribution in [3.8, 4) is 0 Å². The number of aliphatic hydroxyl groups is 1. The fourth-order valence-corrected chi connectivity index (χ4v) is 2.17. The van der Waals surface area contributed by atoms with Crippen molar-refractivity contribution in [2.45, 2.75) is 36.7 Å².